The van der Waals surface area contributed by atoms with E-state index in [-0.39, 0.29) is 23.6 Å². The SMILES string of the molecule is CCOC(=O)c1[nH]c(C)c(/C(O)=C2\C(=O)C(=O)N(CCCN(CC)CC)C2c2ccc(C)cc2)c1C. The molecular weight excluding hydrogens is 458 g/mol. The number of hydrogen-bond donors (Lipinski definition) is 2. The molecule has 36 heavy (non-hydrogen) atoms. The lowest BCUT2D eigenvalue weighted by Gasteiger charge is -2.27. The minimum absolute atomic E-state index is 0.0345. The molecule has 0 saturated carbocycles. The van der Waals surface area contributed by atoms with E-state index in [1.54, 1.807) is 25.7 Å². The molecule has 1 aliphatic rings. The highest BCUT2D eigenvalue weighted by molar-refractivity contribution is 6.46. The van der Waals surface area contributed by atoms with Gasteiger partial charge in [0.15, 0.2) is 0 Å². The second-order valence-electron chi connectivity index (χ2n) is 9.13. The maximum absolute atomic E-state index is 13.3. The number of aryl methyl sites for hydroxylation is 2. The van der Waals surface area contributed by atoms with Crippen LogP contribution in [0.4, 0.5) is 0 Å². The van der Waals surface area contributed by atoms with Crippen LogP contribution in [0.25, 0.3) is 5.76 Å². The van der Waals surface area contributed by atoms with Crippen LogP contribution in [0.1, 0.15) is 71.7 Å². The summed E-state index contributed by atoms with van der Waals surface area (Å²) in [6, 6.07) is 6.91. The van der Waals surface area contributed by atoms with Crippen molar-refractivity contribution < 1.29 is 24.2 Å². The lowest BCUT2D eigenvalue weighted by atomic mass is 9.93. The Hall–Kier alpha value is -3.39. The fraction of sp³-hybridized carbons (Fsp3) is 0.464. The number of ether oxygens (including phenoxy) is 1. The molecule has 2 heterocycles. The fourth-order valence-corrected chi connectivity index (χ4v) is 4.86. The predicted molar refractivity (Wildman–Crippen MR) is 139 cm³/mol. The first-order valence-corrected chi connectivity index (χ1v) is 12.6. The Morgan fingerprint density at radius 1 is 1.08 bits per heavy atom. The first kappa shape index (κ1) is 27.2. The highest BCUT2D eigenvalue weighted by Crippen LogP contribution is 2.41. The third kappa shape index (κ3) is 5.23. The van der Waals surface area contributed by atoms with Gasteiger partial charge in [-0.05, 0) is 64.9 Å². The summed E-state index contributed by atoms with van der Waals surface area (Å²) >= 11 is 0. The molecule has 2 aromatic rings. The Bertz CT molecular complexity index is 1160. The molecule has 0 aliphatic carbocycles. The third-order valence-electron chi connectivity index (χ3n) is 6.85. The van der Waals surface area contributed by atoms with Gasteiger partial charge in [-0.15, -0.1) is 0 Å². The fourth-order valence-electron chi connectivity index (χ4n) is 4.86. The van der Waals surface area contributed by atoms with Gasteiger partial charge in [-0.2, -0.15) is 0 Å². The molecule has 1 amide bonds. The van der Waals surface area contributed by atoms with Gasteiger partial charge in [0.1, 0.15) is 11.5 Å². The molecule has 1 atom stereocenters. The van der Waals surface area contributed by atoms with E-state index in [9.17, 15) is 19.5 Å². The molecule has 1 fully saturated rings. The van der Waals surface area contributed by atoms with Gasteiger partial charge >= 0.3 is 5.97 Å². The number of H-pyrrole nitrogens is 1. The molecule has 0 spiro atoms. The summed E-state index contributed by atoms with van der Waals surface area (Å²) in [5.41, 5.74) is 3.39. The van der Waals surface area contributed by atoms with E-state index in [0.717, 1.165) is 30.8 Å². The van der Waals surface area contributed by atoms with E-state index in [4.69, 9.17) is 4.74 Å². The Labute approximate surface area is 212 Å². The van der Waals surface area contributed by atoms with Crippen LogP contribution in [-0.2, 0) is 14.3 Å². The number of aromatic amines is 1. The first-order chi connectivity index (χ1) is 17.2. The average molecular weight is 496 g/mol. The van der Waals surface area contributed by atoms with Crippen molar-refractivity contribution in [3.05, 3.63) is 63.5 Å². The number of carbonyl (C=O) groups excluding carboxylic acids is 3. The highest BCUT2D eigenvalue weighted by Gasteiger charge is 2.46. The Kier molecular flexibility index (Phi) is 8.74. The topological polar surface area (TPSA) is 103 Å². The number of aliphatic hydroxyl groups excluding tert-OH is 1. The van der Waals surface area contributed by atoms with E-state index in [2.05, 4.69) is 23.7 Å². The average Bonchev–Trinajstić information content (AvgIpc) is 3.29. The molecule has 1 aromatic carbocycles. The van der Waals surface area contributed by atoms with Crippen molar-refractivity contribution >= 4 is 23.4 Å². The van der Waals surface area contributed by atoms with Crippen LogP contribution in [0.3, 0.4) is 0 Å². The molecule has 1 unspecified atom stereocenters. The normalized spacial score (nSPS) is 17.3. The van der Waals surface area contributed by atoms with Crippen LogP contribution in [0.2, 0.25) is 0 Å². The molecular formula is C28H37N3O5. The van der Waals surface area contributed by atoms with Gasteiger partial charge < -0.3 is 24.6 Å². The summed E-state index contributed by atoms with van der Waals surface area (Å²) in [5.74, 6) is -2.17. The second kappa shape index (κ2) is 11.6. The molecule has 0 bridgehead atoms. The number of carbonyl (C=O) groups is 3. The Balaban J connectivity index is 2.10. The van der Waals surface area contributed by atoms with E-state index in [1.165, 1.54) is 0 Å². The maximum atomic E-state index is 13.3. The number of aliphatic hydroxyl groups is 1. The molecule has 2 N–H and O–H groups in total. The molecule has 3 rings (SSSR count). The van der Waals surface area contributed by atoms with Crippen molar-refractivity contribution in [2.75, 3.05) is 32.8 Å². The summed E-state index contributed by atoms with van der Waals surface area (Å²) in [4.78, 5) is 45.8. The van der Waals surface area contributed by atoms with Gasteiger partial charge in [0.25, 0.3) is 11.7 Å². The molecule has 1 aliphatic heterocycles. The van der Waals surface area contributed by atoms with Crippen LogP contribution in [-0.4, -0.2) is 70.3 Å². The zero-order valence-electron chi connectivity index (χ0n) is 22.1. The monoisotopic (exact) mass is 495 g/mol. The zero-order chi connectivity index (χ0) is 26.6. The number of amides is 1. The maximum Gasteiger partial charge on any atom is 0.355 e. The minimum atomic E-state index is -0.724. The number of aromatic nitrogens is 1. The number of benzene rings is 1. The first-order valence-electron chi connectivity index (χ1n) is 12.6. The molecule has 8 nitrogen and oxygen atoms in total. The van der Waals surface area contributed by atoms with Crippen molar-refractivity contribution in [1.82, 2.24) is 14.8 Å². The summed E-state index contributed by atoms with van der Waals surface area (Å²) in [6.45, 7) is 14.5. The highest BCUT2D eigenvalue weighted by atomic mass is 16.5. The van der Waals surface area contributed by atoms with Gasteiger partial charge in [0.05, 0.1) is 18.2 Å². The lowest BCUT2D eigenvalue weighted by molar-refractivity contribution is -0.140. The number of hydrogen-bond acceptors (Lipinski definition) is 6. The van der Waals surface area contributed by atoms with Crippen LogP contribution < -0.4 is 0 Å². The molecule has 1 aromatic heterocycles. The summed E-state index contributed by atoms with van der Waals surface area (Å²) in [7, 11) is 0. The van der Waals surface area contributed by atoms with Crippen LogP contribution in [0, 0.1) is 20.8 Å². The largest absolute Gasteiger partial charge is 0.507 e. The molecule has 0 radical (unpaired) electrons. The standard InChI is InChI=1S/C28H37N3O5/c1-7-30(8-2)15-10-16-31-24(20-13-11-17(4)12-14-20)22(26(33)27(31)34)25(32)21-18(5)23(29-19(21)6)28(35)36-9-3/h11-14,24,29,32H,7-10,15-16H2,1-6H3/b25-22+. The summed E-state index contributed by atoms with van der Waals surface area (Å²) in [6.07, 6.45) is 0.701. The quantitative estimate of drug-likeness (QED) is 0.221. The van der Waals surface area contributed by atoms with Crippen molar-refractivity contribution in [3.8, 4) is 0 Å². The molecule has 194 valence electrons. The number of ketones is 1. The smallest absolute Gasteiger partial charge is 0.355 e. The number of esters is 1. The zero-order valence-corrected chi connectivity index (χ0v) is 22.1. The van der Waals surface area contributed by atoms with E-state index in [1.807, 2.05) is 31.2 Å². The number of Topliss-reactive ketones (excluding diaryl/α,β-unsaturated/α-hetero) is 1. The number of rotatable bonds is 10. The Morgan fingerprint density at radius 3 is 2.31 bits per heavy atom. The van der Waals surface area contributed by atoms with Gasteiger partial charge in [-0.3, -0.25) is 9.59 Å². The molecule has 1 saturated heterocycles. The van der Waals surface area contributed by atoms with Crippen molar-refractivity contribution in [2.24, 2.45) is 0 Å². The minimum Gasteiger partial charge on any atom is -0.507 e. The van der Waals surface area contributed by atoms with E-state index in [0.29, 0.717) is 29.8 Å². The summed E-state index contributed by atoms with van der Waals surface area (Å²) < 4.78 is 5.12. The molecule has 8 heteroatoms. The van der Waals surface area contributed by atoms with Crippen LogP contribution in [0.15, 0.2) is 29.8 Å². The van der Waals surface area contributed by atoms with E-state index >= 15 is 0 Å². The second-order valence-corrected chi connectivity index (χ2v) is 9.13. The van der Waals surface area contributed by atoms with Gasteiger partial charge in [-0.25, -0.2) is 4.79 Å². The van der Waals surface area contributed by atoms with Crippen molar-refractivity contribution in [3.63, 3.8) is 0 Å². The van der Waals surface area contributed by atoms with Crippen LogP contribution in [0.5, 0.6) is 0 Å². The number of nitrogens with one attached hydrogen (secondary N) is 1. The lowest BCUT2D eigenvalue weighted by Crippen LogP contribution is -2.33. The Morgan fingerprint density at radius 2 is 1.72 bits per heavy atom. The van der Waals surface area contributed by atoms with Crippen LogP contribution >= 0.6 is 0 Å². The van der Waals surface area contributed by atoms with Crippen molar-refractivity contribution in [1.29, 1.82) is 0 Å². The van der Waals surface area contributed by atoms with E-state index < -0.39 is 23.7 Å². The van der Waals surface area contributed by atoms with Gasteiger partial charge in [-0.1, -0.05) is 43.7 Å². The predicted octanol–water partition coefficient (Wildman–Crippen LogP) is 4.27. The van der Waals surface area contributed by atoms with Gasteiger partial charge in [0.2, 0.25) is 0 Å². The van der Waals surface area contributed by atoms with Gasteiger partial charge in [0, 0.05) is 17.8 Å². The summed E-state index contributed by atoms with van der Waals surface area (Å²) in [5, 5.41) is 11.5. The third-order valence-corrected chi connectivity index (χ3v) is 6.85. The van der Waals surface area contributed by atoms with Crippen molar-refractivity contribution in [2.45, 2.75) is 54.0 Å². The number of nitrogens with zero attached hydrogens (tertiary/aromatic N) is 2. The number of likely N-dealkylation sites (tertiary alicyclic amines) is 1.